The molecule has 0 aromatic rings. The second kappa shape index (κ2) is 57.2. The van der Waals surface area contributed by atoms with Gasteiger partial charge in [0, 0.05) is 0 Å². The fraction of sp³-hybridized carbons (Fsp3) is 0.887. The molecule has 3 atom stereocenters. The first kappa shape index (κ1) is 65.6. The summed E-state index contributed by atoms with van der Waals surface area (Å²) in [5.74, 6) is -0.511. The Morgan fingerprint density at radius 2 is 0.612 bits per heavy atom. The van der Waals surface area contributed by atoms with Crippen LogP contribution in [0.25, 0.3) is 0 Å². The van der Waals surface area contributed by atoms with E-state index in [1.54, 1.807) is 6.08 Å². The standard InChI is InChI=1S/C62H119NO4/c1-3-5-7-9-11-13-15-17-19-21-23-25-26-27-28-29-30-31-32-33-34-35-37-39-41-43-45-47-49-51-53-55-57-61(66)62(67)63-59(58-64)60(65)56-54-52-50-48-46-44-42-40-38-36-24-22-20-18-16-14-12-10-8-6-4-2/h38,40,46,48,54,56,59-61,64-66H,3-37,39,41-45,47,49-53,55,57-58H2,1-2H3,(H,63,67)/b40-38+,48-46+,56-54+. The van der Waals surface area contributed by atoms with Gasteiger partial charge in [-0.2, -0.15) is 0 Å². The van der Waals surface area contributed by atoms with Gasteiger partial charge in [-0.25, -0.2) is 0 Å². The van der Waals surface area contributed by atoms with Crippen LogP contribution in [0.1, 0.15) is 328 Å². The molecule has 0 aliphatic carbocycles. The number of aliphatic hydroxyl groups is 3. The Labute approximate surface area is 419 Å². The molecule has 5 nitrogen and oxygen atoms in total. The van der Waals surface area contributed by atoms with Crippen molar-refractivity contribution in [3.63, 3.8) is 0 Å². The number of unbranched alkanes of at least 4 members (excludes halogenated alkanes) is 44. The Bertz CT molecular complexity index is 1040. The van der Waals surface area contributed by atoms with E-state index >= 15 is 0 Å². The molecule has 0 rings (SSSR count). The third kappa shape index (κ3) is 52.2. The molecular weight excluding hydrogens is 823 g/mol. The van der Waals surface area contributed by atoms with E-state index in [9.17, 15) is 20.1 Å². The molecule has 0 saturated carbocycles. The number of amides is 1. The lowest BCUT2D eigenvalue weighted by Crippen LogP contribution is -2.48. The maximum absolute atomic E-state index is 12.6. The van der Waals surface area contributed by atoms with Crippen molar-refractivity contribution in [1.29, 1.82) is 0 Å². The molecule has 0 saturated heterocycles. The topological polar surface area (TPSA) is 89.8 Å². The lowest BCUT2D eigenvalue weighted by Gasteiger charge is -2.21. The number of hydrogen-bond acceptors (Lipinski definition) is 4. The highest BCUT2D eigenvalue weighted by Crippen LogP contribution is 2.18. The fourth-order valence-electron chi connectivity index (χ4n) is 9.52. The Balaban J connectivity index is 3.54. The number of carbonyl (C=O) groups excluding carboxylic acids is 1. The first-order valence-electron chi connectivity index (χ1n) is 30.3. The molecule has 1 amide bonds. The van der Waals surface area contributed by atoms with E-state index in [0.29, 0.717) is 6.42 Å². The number of aliphatic hydroxyl groups excluding tert-OH is 3. The van der Waals surface area contributed by atoms with Gasteiger partial charge < -0.3 is 20.6 Å². The molecule has 3 unspecified atom stereocenters. The first-order chi connectivity index (χ1) is 33.1. The largest absolute Gasteiger partial charge is 0.394 e. The van der Waals surface area contributed by atoms with Gasteiger partial charge in [-0.05, 0) is 44.9 Å². The zero-order chi connectivity index (χ0) is 48.6. The minimum Gasteiger partial charge on any atom is -0.394 e. The van der Waals surface area contributed by atoms with Crippen molar-refractivity contribution in [1.82, 2.24) is 5.32 Å². The third-order valence-electron chi connectivity index (χ3n) is 14.2. The van der Waals surface area contributed by atoms with Gasteiger partial charge in [0.2, 0.25) is 5.91 Å². The van der Waals surface area contributed by atoms with Crippen LogP contribution in [0.15, 0.2) is 36.5 Å². The van der Waals surface area contributed by atoms with E-state index in [0.717, 1.165) is 44.9 Å². The van der Waals surface area contributed by atoms with Crippen LogP contribution >= 0.6 is 0 Å². The van der Waals surface area contributed by atoms with Gasteiger partial charge >= 0.3 is 0 Å². The van der Waals surface area contributed by atoms with Crippen molar-refractivity contribution in [3.8, 4) is 0 Å². The fourth-order valence-corrected chi connectivity index (χ4v) is 9.52. The van der Waals surface area contributed by atoms with Crippen LogP contribution in [0.3, 0.4) is 0 Å². The minimum atomic E-state index is -1.11. The van der Waals surface area contributed by atoms with E-state index in [2.05, 4.69) is 43.5 Å². The molecule has 0 heterocycles. The summed E-state index contributed by atoms with van der Waals surface area (Å²) in [6.45, 7) is 4.20. The summed E-state index contributed by atoms with van der Waals surface area (Å²) in [7, 11) is 0. The second-order valence-electron chi connectivity index (χ2n) is 20.9. The number of allylic oxidation sites excluding steroid dienone is 5. The van der Waals surface area contributed by atoms with Gasteiger partial charge in [0.1, 0.15) is 6.10 Å². The number of hydrogen-bond donors (Lipinski definition) is 4. The molecule has 0 aliphatic rings. The zero-order valence-corrected chi connectivity index (χ0v) is 45.3. The molecule has 0 aromatic carbocycles. The van der Waals surface area contributed by atoms with Crippen molar-refractivity contribution in [2.45, 2.75) is 347 Å². The predicted octanol–water partition coefficient (Wildman–Crippen LogP) is 19.0. The van der Waals surface area contributed by atoms with Gasteiger partial charge in [0.25, 0.3) is 0 Å². The van der Waals surface area contributed by atoms with Crippen molar-refractivity contribution in [3.05, 3.63) is 36.5 Å². The van der Waals surface area contributed by atoms with E-state index in [-0.39, 0.29) is 6.61 Å². The molecule has 0 bridgehead atoms. The Hall–Kier alpha value is -1.43. The molecule has 0 spiro atoms. The van der Waals surface area contributed by atoms with Crippen molar-refractivity contribution in [2.24, 2.45) is 0 Å². The maximum atomic E-state index is 12.6. The summed E-state index contributed by atoms with van der Waals surface area (Å²) < 4.78 is 0. The van der Waals surface area contributed by atoms with Crippen LogP contribution in [0, 0.1) is 0 Å². The van der Waals surface area contributed by atoms with Crippen molar-refractivity contribution in [2.75, 3.05) is 6.61 Å². The lowest BCUT2D eigenvalue weighted by molar-refractivity contribution is -0.131. The minimum absolute atomic E-state index is 0.379. The Morgan fingerprint density at radius 3 is 0.910 bits per heavy atom. The monoisotopic (exact) mass is 942 g/mol. The smallest absolute Gasteiger partial charge is 0.249 e. The SMILES string of the molecule is CCCCCCCCCCCCC/C=C/CC/C=C/CC/C=C/C(O)C(CO)NC(=O)C(O)CCCCCCCCCCCCCCCCCCCCCCCCCCCCCCCCCC. The molecule has 5 heteroatoms. The van der Waals surface area contributed by atoms with Gasteiger partial charge in [-0.15, -0.1) is 0 Å². The maximum Gasteiger partial charge on any atom is 0.249 e. The molecule has 0 aromatic heterocycles. The van der Waals surface area contributed by atoms with Crippen LogP contribution in [-0.4, -0.2) is 46.1 Å². The highest BCUT2D eigenvalue weighted by atomic mass is 16.3. The number of nitrogens with one attached hydrogen (secondary N) is 1. The summed E-state index contributed by atoms with van der Waals surface area (Å²) in [5, 5.41) is 33.4. The van der Waals surface area contributed by atoms with E-state index in [4.69, 9.17) is 0 Å². The first-order valence-corrected chi connectivity index (χ1v) is 30.3. The summed E-state index contributed by atoms with van der Waals surface area (Å²) in [5.41, 5.74) is 0. The molecule has 0 radical (unpaired) electrons. The number of carbonyl (C=O) groups is 1. The molecule has 4 N–H and O–H groups in total. The predicted molar refractivity (Wildman–Crippen MR) is 296 cm³/mol. The van der Waals surface area contributed by atoms with Gasteiger partial charge in [0.05, 0.1) is 18.8 Å². The second-order valence-corrected chi connectivity index (χ2v) is 20.9. The summed E-state index contributed by atoms with van der Waals surface area (Å²) in [6, 6.07) is -0.820. The molecule has 67 heavy (non-hydrogen) atoms. The van der Waals surface area contributed by atoms with E-state index < -0.39 is 24.2 Å². The van der Waals surface area contributed by atoms with Crippen molar-refractivity contribution >= 4 is 5.91 Å². The normalized spacial score (nSPS) is 13.4. The highest BCUT2D eigenvalue weighted by molar-refractivity contribution is 5.80. The molecule has 0 fully saturated rings. The van der Waals surface area contributed by atoms with Crippen molar-refractivity contribution < 1.29 is 20.1 Å². The van der Waals surface area contributed by atoms with Crippen LogP contribution in [-0.2, 0) is 4.79 Å². The third-order valence-corrected chi connectivity index (χ3v) is 14.2. The molecule has 0 aliphatic heterocycles. The average molecular weight is 943 g/mol. The molecular formula is C62H119NO4. The lowest BCUT2D eigenvalue weighted by atomic mass is 10.0. The van der Waals surface area contributed by atoms with Crippen LogP contribution < -0.4 is 5.32 Å². The van der Waals surface area contributed by atoms with Gasteiger partial charge in [-0.1, -0.05) is 320 Å². The van der Waals surface area contributed by atoms with Crippen LogP contribution in [0.5, 0.6) is 0 Å². The van der Waals surface area contributed by atoms with E-state index in [1.165, 1.54) is 263 Å². The summed E-state index contributed by atoms with van der Waals surface area (Å²) >= 11 is 0. The zero-order valence-electron chi connectivity index (χ0n) is 45.3. The number of rotatable bonds is 56. The van der Waals surface area contributed by atoms with Crippen LogP contribution in [0.2, 0.25) is 0 Å². The van der Waals surface area contributed by atoms with E-state index in [1.807, 2.05) is 6.08 Å². The highest BCUT2D eigenvalue weighted by Gasteiger charge is 2.22. The van der Waals surface area contributed by atoms with Crippen LogP contribution in [0.4, 0.5) is 0 Å². The molecule has 396 valence electrons. The average Bonchev–Trinajstić information content (AvgIpc) is 3.33. The summed E-state index contributed by atoms with van der Waals surface area (Å²) in [6.07, 6.45) is 75.4. The van der Waals surface area contributed by atoms with Gasteiger partial charge in [0.15, 0.2) is 0 Å². The Morgan fingerprint density at radius 1 is 0.358 bits per heavy atom. The van der Waals surface area contributed by atoms with Gasteiger partial charge in [-0.3, -0.25) is 4.79 Å². The summed E-state index contributed by atoms with van der Waals surface area (Å²) in [4.78, 5) is 12.6. The Kier molecular flexibility index (Phi) is 55.9. The quantitative estimate of drug-likeness (QED) is 0.0361.